The number of ether oxygens (including phenoxy) is 1. The Morgan fingerprint density at radius 3 is 2.47 bits per heavy atom. The van der Waals surface area contributed by atoms with Gasteiger partial charge in [0.15, 0.2) is 0 Å². The molecular weight excluding hydrogens is 407 g/mol. The predicted octanol–water partition coefficient (Wildman–Crippen LogP) is 3.33. The van der Waals surface area contributed by atoms with Gasteiger partial charge in [0, 0.05) is 19.6 Å². The molecule has 1 aliphatic rings. The zero-order valence-corrected chi connectivity index (χ0v) is 18.0. The van der Waals surface area contributed by atoms with Crippen LogP contribution in [0.25, 0.3) is 0 Å². The van der Waals surface area contributed by atoms with Crippen LogP contribution in [0.1, 0.15) is 32.3 Å². The van der Waals surface area contributed by atoms with E-state index in [1.807, 2.05) is 6.92 Å². The highest BCUT2D eigenvalue weighted by atomic mass is 32.2. The van der Waals surface area contributed by atoms with Crippen molar-refractivity contribution in [3.8, 4) is 5.75 Å². The fourth-order valence-electron chi connectivity index (χ4n) is 3.60. The van der Waals surface area contributed by atoms with Crippen molar-refractivity contribution in [1.29, 1.82) is 0 Å². The minimum atomic E-state index is -3.71. The third-order valence-corrected chi connectivity index (χ3v) is 7.21. The van der Waals surface area contributed by atoms with Gasteiger partial charge in [0.2, 0.25) is 15.9 Å². The molecule has 1 N–H and O–H groups in total. The smallest absolute Gasteiger partial charge is 0.243 e. The second kappa shape index (κ2) is 9.14. The minimum absolute atomic E-state index is 0.109. The van der Waals surface area contributed by atoms with Crippen LogP contribution in [0.3, 0.4) is 0 Å². The normalized spacial score (nSPS) is 20.0. The van der Waals surface area contributed by atoms with Gasteiger partial charge in [0.25, 0.3) is 0 Å². The van der Waals surface area contributed by atoms with Crippen LogP contribution in [0.5, 0.6) is 5.75 Å². The van der Waals surface area contributed by atoms with Gasteiger partial charge in [-0.25, -0.2) is 12.8 Å². The van der Waals surface area contributed by atoms with E-state index in [2.05, 4.69) is 5.32 Å². The number of hydrogen-bond acceptors (Lipinski definition) is 4. The quantitative estimate of drug-likeness (QED) is 0.725. The fourth-order valence-corrected chi connectivity index (χ4v) is 5.21. The molecule has 1 fully saturated rings. The van der Waals surface area contributed by atoms with Gasteiger partial charge in [0.1, 0.15) is 11.6 Å². The highest BCUT2D eigenvalue weighted by Crippen LogP contribution is 2.33. The van der Waals surface area contributed by atoms with Crippen LogP contribution in [0, 0.1) is 11.2 Å². The number of carbonyl (C=O) groups is 1. The summed E-state index contributed by atoms with van der Waals surface area (Å²) in [5.74, 6) is 0.0676. The second-order valence-electron chi connectivity index (χ2n) is 7.72. The van der Waals surface area contributed by atoms with Crippen LogP contribution in [0.2, 0.25) is 0 Å². The van der Waals surface area contributed by atoms with Gasteiger partial charge < -0.3 is 10.1 Å². The molecule has 3 rings (SSSR count). The average Bonchev–Trinajstić information content (AvgIpc) is 2.74. The van der Waals surface area contributed by atoms with Gasteiger partial charge in [-0.05, 0) is 68.7 Å². The lowest BCUT2D eigenvalue weighted by Crippen LogP contribution is -2.51. The maximum absolute atomic E-state index is 13.1. The molecule has 1 heterocycles. The number of amides is 1. The lowest BCUT2D eigenvalue weighted by Gasteiger charge is -2.38. The van der Waals surface area contributed by atoms with E-state index < -0.39 is 15.4 Å². The summed E-state index contributed by atoms with van der Waals surface area (Å²) in [5, 5.41) is 2.86. The van der Waals surface area contributed by atoms with Gasteiger partial charge in [0.05, 0.1) is 16.9 Å². The Kier molecular flexibility index (Phi) is 6.77. The Balaban J connectivity index is 1.69. The SMILES string of the molecule is CCOc1ccc(S(=O)(=O)N2CCC[C@](C)(C(=O)NCc3ccc(F)cc3)C2)cc1. The Morgan fingerprint density at radius 1 is 1.17 bits per heavy atom. The van der Waals surface area contributed by atoms with Crippen LogP contribution < -0.4 is 10.1 Å². The molecule has 2 aromatic rings. The van der Waals surface area contributed by atoms with E-state index in [0.717, 1.165) is 5.56 Å². The first-order valence-corrected chi connectivity index (χ1v) is 11.4. The molecule has 0 spiro atoms. The molecule has 0 saturated carbocycles. The number of nitrogens with zero attached hydrogens (tertiary/aromatic N) is 1. The molecule has 6 nitrogen and oxygen atoms in total. The number of benzene rings is 2. The van der Waals surface area contributed by atoms with Crippen molar-refractivity contribution in [1.82, 2.24) is 9.62 Å². The average molecular weight is 435 g/mol. The van der Waals surface area contributed by atoms with Crippen LogP contribution in [0.4, 0.5) is 4.39 Å². The van der Waals surface area contributed by atoms with Crippen molar-refractivity contribution in [3.63, 3.8) is 0 Å². The molecule has 0 unspecified atom stereocenters. The largest absolute Gasteiger partial charge is 0.494 e. The summed E-state index contributed by atoms with van der Waals surface area (Å²) >= 11 is 0. The van der Waals surface area contributed by atoms with E-state index in [4.69, 9.17) is 4.74 Å². The van der Waals surface area contributed by atoms with E-state index in [9.17, 15) is 17.6 Å². The summed E-state index contributed by atoms with van der Waals surface area (Å²) in [6.45, 7) is 4.89. The number of sulfonamides is 1. The number of nitrogens with one attached hydrogen (secondary N) is 1. The summed E-state index contributed by atoms with van der Waals surface area (Å²) < 4.78 is 46.0. The first kappa shape index (κ1) is 22.2. The van der Waals surface area contributed by atoms with Gasteiger partial charge in [-0.1, -0.05) is 12.1 Å². The molecule has 2 aromatic carbocycles. The summed E-state index contributed by atoms with van der Waals surface area (Å²) in [5.41, 5.74) is -0.0561. The topological polar surface area (TPSA) is 75.7 Å². The molecule has 8 heteroatoms. The monoisotopic (exact) mass is 434 g/mol. The van der Waals surface area contributed by atoms with E-state index in [-0.39, 0.29) is 29.7 Å². The Bertz CT molecular complexity index is 977. The minimum Gasteiger partial charge on any atom is -0.494 e. The Labute approximate surface area is 177 Å². The highest BCUT2D eigenvalue weighted by molar-refractivity contribution is 7.89. The van der Waals surface area contributed by atoms with E-state index in [1.165, 1.54) is 28.6 Å². The molecule has 30 heavy (non-hydrogen) atoms. The van der Waals surface area contributed by atoms with Gasteiger partial charge >= 0.3 is 0 Å². The third-order valence-electron chi connectivity index (χ3n) is 5.35. The summed E-state index contributed by atoms with van der Waals surface area (Å²) in [6, 6.07) is 12.2. The molecule has 0 aliphatic carbocycles. The molecule has 162 valence electrons. The van der Waals surface area contributed by atoms with Crippen LogP contribution in [-0.4, -0.2) is 38.3 Å². The number of hydrogen-bond donors (Lipinski definition) is 1. The molecule has 0 radical (unpaired) electrons. The molecule has 1 atom stereocenters. The van der Waals surface area contributed by atoms with Crippen LogP contribution in [-0.2, 0) is 21.4 Å². The Morgan fingerprint density at radius 2 is 1.83 bits per heavy atom. The highest BCUT2D eigenvalue weighted by Gasteiger charge is 2.41. The van der Waals surface area contributed by atoms with E-state index in [0.29, 0.717) is 31.7 Å². The zero-order chi connectivity index (χ0) is 21.8. The Hall–Kier alpha value is -2.45. The number of halogens is 1. The molecule has 0 bridgehead atoms. The van der Waals surface area contributed by atoms with Crippen molar-refractivity contribution in [3.05, 3.63) is 59.9 Å². The molecule has 1 amide bonds. The maximum atomic E-state index is 13.1. The van der Waals surface area contributed by atoms with Crippen LogP contribution in [0.15, 0.2) is 53.4 Å². The molecule has 0 aromatic heterocycles. The first-order chi connectivity index (χ1) is 14.2. The summed E-state index contributed by atoms with van der Waals surface area (Å²) in [6.07, 6.45) is 1.19. The maximum Gasteiger partial charge on any atom is 0.243 e. The summed E-state index contributed by atoms with van der Waals surface area (Å²) in [7, 11) is -3.71. The number of rotatable bonds is 7. The van der Waals surface area contributed by atoms with Crippen molar-refractivity contribution in [2.24, 2.45) is 5.41 Å². The zero-order valence-electron chi connectivity index (χ0n) is 17.2. The lowest BCUT2D eigenvalue weighted by molar-refractivity contribution is -0.132. The van der Waals surface area contributed by atoms with Gasteiger partial charge in [-0.2, -0.15) is 4.31 Å². The van der Waals surface area contributed by atoms with Gasteiger partial charge in [-0.15, -0.1) is 0 Å². The molecule has 1 saturated heterocycles. The van der Waals surface area contributed by atoms with Crippen molar-refractivity contribution >= 4 is 15.9 Å². The molecular formula is C22H27FN2O4S. The lowest BCUT2D eigenvalue weighted by atomic mass is 9.82. The third kappa shape index (κ3) is 4.99. The van der Waals surface area contributed by atoms with E-state index >= 15 is 0 Å². The molecule has 1 aliphatic heterocycles. The standard InChI is InChI=1S/C22H27FN2O4S/c1-3-29-19-9-11-20(12-10-19)30(27,28)25-14-4-13-22(2,16-25)21(26)24-15-17-5-7-18(23)8-6-17/h5-12H,3-4,13-16H2,1-2H3,(H,24,26)/t22-/m0/s1. The predicted molar refractivity (Wildman–Crippen MR) is 112 cm³/mol. The fraction of sp³-hybridized carbons (Fsp3) is 0.409. The van der Waals surface area contributed by atoms with Crippen molar-refractivity contribution in [2.45, 2.75) is 38.1 Å². The van der Waals surface area contributed by atoms with Crippen LogP contribution >= 0.6 is 0 Å². The van der Waals surface area contributed by atoms with E-state index in [1.54, 1.807) is 31.2 Å². The van der Waals surface area contributed by atoms with Crippen molar-refractivity contribution < 1.29 is 22.3 Å². The number of carbonyl (C=O) groups excluding carboxylic acids is 1. The first-order valence-electron chi connectivity index (χ1n) is 10.0. The summed E-state index contributed by atoms with van der Waals surface area (Å²) in [4.78, 5) is 13.0. The van der Waals surface area contributed by atoms with Crippen molar-refractivity contribution in [2.75, 3.05) is 19.7 Å². The van der Waals surface area contributed by atoms with Gasteiger partial charge in [-0.3, -0.25) is 4.79 Å². The second-order valence-corrected chi connectivity index (χ2v) is 9.65. The number of piperidine rings is 1.